The van der Waals surface area contributed by atoms with Crippen molar-refractivity contribution < 1.29 is 13.2 Å². The van der Waals surface area contributed by atoms with Crippen LogP contribution in [0, 0.1) is 0 Å². The number of alkyl halides is 3. The molecule has 0 amide bonds. The minimum Gasteiger partial charge on any atom is -0.266 e. The average Bonchev–Trinajstić information content (AvgIpc) is 2.44. The lowest BCUT2D eigenvalue weighted by Crippen LogP contribution is -2.20. The highest BCUT2D eigenvalue weighted by Gasteiger charge is 2.36. The second-order valence-electron chi connectivity index (χ2n) is 3.90. The van der Waals surface area contributed by atoms with Gasteiger partial charge in [-0.2, -0.15) is 18.3 Å². The number of nitrogens with zero attached hydrogens (tertiary/aromatic N) is 2. The minimum atomic E-state index is -4.32. The molecule has 84 valence electrons. The zero-order valence-electron chi connectivity index (χ0n) is 8.51. The van der Waals surface area contributed by atoms with E-state index in [1.807, 2.05) is 6.92 Å². The topological polar surface area (TPSA) is 17.8 Å². The van der Waals surface area contributed by atoms with Crippen LogP contribution < -0.4 is 0 Å². The number of aryl methyl sites for hydroxylation is 1. The van der Waals surface area contributed by atoms with E-state index < -0.39 is 11.9 Å². The molecule has 1 aromatic heterocycles. The van der Waals surface area contributed by atoms with Crippen molar-refractivity contribution in [2.45, 2.75) is 44.8 Å². The first kappa shape index (κ1) is 10.5. The van der Waals surface area contributed by atoms with E-state index in [1.165, 1.54) is 6.07 Å². The molecule has 1 aliphatic rings. The van der Waals surface area contributed by atoms with Gasteiger partial charge < -0.3 is 0 Å². The van der Waals surface area contributed by atoms with E-state index in [0.29, 0.717) is 12.1 Å². The van der Waals surface area contributed by atoms with Gasteiger partial charge in [0.25, 0.3) is 0 Å². The third-order valence-electron chi connectivity index (χ3n) is 2.89. The molecule has 15 heavy (non-hydrogen) atoms. The van der Waals surface area contributed by atoms with Crippen molar-refractivity contribution in [1.82, 2.24) is 9.78 Å². The van der Waals surface area contributed by atoms with Crippen LogP contribution in [0.1, 0.15) is 43.6 Å². The van der Waals surface area contributed by atoms with Gasteiger partial charge in [0.1, 0.15) is 0 Å². The molecule has 0 radical (unpaired) electrons. The minimum absolute atomic E-state index is 0.191. The standard InChI is InChI=1S/C10H13F3N2/c1-2-7-6-9(10(11,12)13)14-15(7)8-4-3-5-8/h6,8H,2-5H2,1H3. The summed E-state index contributed by atoms with van der Waals surface area (Å²) in [5, 5.41) is 3.67. The van der Waals surface area contributed by atoms with Crippen molar-refractivity contribution in [3.8, 4) is 0 Å². The lowest BCUT2D eigenvalue weighted by molar-refractivity contribution is -0.141. The van der Waals surface area contributed by atoms with E-state index in [-0.39, 0.29) is 6.04 Å². The fourth-order valence-corrected chi connectivity index (χ4v) is 1.78. The Morgan fingerprint density at radius 2 is 2.13 bits per heavy atom. The van der Waals surface area contributed by atoms with Crippen LogP contribution in [0.25, 0.3) is 0 Å². The van der Waals surface area contributed by atoms with E-state index in [9.17, 15) is 13.2 Å². The lowest BCUT2D eigenvalue weighted by atomic mass is 9.93. The first-order valence-corrected chi connectivity index (χ1v) is 5.18. The molecular formula is C10H13F3N2. The Morgan fingerprint density at radius 1 is 1.47 bits per heavy atom. The summed E-state index contributed by atoms with van der Waals surface area (Å²) >= 11 is 0. The number of hydrogen-bond acceptors (Lipinski definition) is 1. The summed E-state index contributed by atoms with van der Waals surface area (Å²) in [6.45, 7) is 1.85. The maximum Gasteiger partial charge on any atom is 0.435 e. The number of rotatable bonds is 2. The van der Waals surface area contributed by atoms with Gasteiger partial charge in [0.15, 0.2) is 5.69 Å². The van der Waals surface area contributed by atoms with Gasteiger partial charge >= 0.3 is 6.18 Å². The number of hydrogen-bond donors (Lipinski definition) is 0. The molecule has 1 fully saturated rings. The van der Waals surface area contributed by atoms with Gasteiger partial charge in [0.05, 0.1) is 6.04 Å². The molecule has 0 saturated heterocycles. The second kappa shape index (κ2) is 3.54. The maximum absolute atomic E-state index is 12.4. The third-order valence-corrected chi connectivity index (χ3v) is 2.89. The monoisotopic (exact) mass is 218 g/mol. The van der Waals surface area contributed by atoms with Crippen molar-refractivity contribution in [1.29, 1.82) is 0 Å². The van der Waals surface area contributed by atoms with Crippen LogP contribution in [0.3, 0.4) is 0 Å². The normalized spacial score (nSPS) is 17.9. The summed E-state index contributed by atoms with van der Waals surface area (Å²) in [5.41, 5.74) is -0.0710. The quantitative estimate of drug-likeness (QED) is 0.745. The summed E-state index contributed by atoms with van der Waals surface area (Å²) in [5.74, 6) is 0. The zero-order chi connectivity index (χ0) is 11.1. The molecule has 1 heterocycles. The van der Waals surface area contributed by atoms with Gasteiger partial charge in [-0.1, -0.05) is 6.92 Å². The number of aromatic nitrogens is 2. The summed E-state index contributed by atoms with van der Waals surface area (Å²) < 4.78 is 38.8. The van der Waals surface area contributed by atoms with Crippen LogP contribution in [-0.2, 0) is 12.6 Å². The van der Waals surface area contributed by atoms with Crippen LogP contribution in [0.4, 0.5) is 13.2 Å². The third kappa shape index (κ3) is 1.87. The number of halogens is 3. The molecule has 1 aliphatic carbocycles. The molecule has 0 N–H and O–H groups in total. The van der Waals surface area contributed by atoms with Crippen molar-refractivity contribution >= 4 is 0 Å². The fraction of sp³-hybridized carbons (Fsp3) is 0.700. The average molecular weight is 218 g/mol. The van der Waals surface area contributed by atoms with E-state index in [1.54, 1.807) is 4.68 Å². The molecule has 5 heteroatoms. The second-order valence-corrected chi connectivity index (χ2v) is 3.90. The van der Waals surface area contributed by atoms with Crippen LogP contribution in [-0.4, -0.2) is 9.78 Å². The zero-order valence-corrected chi connectivity index (χ0v) is 8.51. The Balaban J connectivity index is 2.32. The Bertz CT molecular complexity index is 350. The Kier molecular flexibility index (Phi) is 2.48. The van der Waals surface area contributed by atoms with E-state index in [0.717, 1.165) is 19.3 Å². The Hall–Kier alpha value is -1.00. The molecule has 1 aromatic rings. The molecule has 0 aliphatic heterocycles. The lowest BCUT2D eigenvalue weighted by Gasteiger charge is -2.27. The van der Waals surface area contributed by atoms with E-state index in [4.69, 9.17) is 0 Å². The first-order chi connectivity index (χ1) is 7.02. The molecule has 1 saturated carbocycles. The van der Waals surface area contributed by atoms with Gasteiger partial charge in [0.2, 0.25) is 0 Å². The smallest absolute Gasteiger partial charge is 0.266 e. The highest BCUT2D eigenvalue weighted by molar-refractivity contribution is 5.14. The predicted octanol–water partition coefficient (Wildman–Crippen LogP) is 3.19. The van der Waals surface area contributed by atoms with Gasteiger partial charge in [-0.3, -0.25) is 4.68 Å². The summed E-state index contributed by atoms with van der Waals surface area (Å²) in [4.78, 5) is 0. The Morgan fingerprint density at radius 3 is 2.53 bits per heavy atom. The molecule has 2 nitrogen and oxygen atoms in total. The summed E-state index contributed by atoms with van der Waals surface area (Å²) in [6.07, 6.45) is -0.731. The highest BCUT2D eigenvalue weighted by atomic mass is 19.4. The molecule has 0 spiro atoms. The van der Waals surface area contributed by atoms with Crippen LogP contribution in [0.2, 0.25) is 0 Å². The van der Waals surface area contributed by atoms with Crippen LogP contribution in [0.15, 0.2) is 6.07 Å². The van der Waals surface area contributed by atoms with Crippen LogP contribution in [0.5, 0.6) is 0 Å². The molecular weight excluding hydrogens is 205 g/mol. The SMILES string of the molecule is CCc1cc(C(F)(F)F)nn1C1CCC1. The van der Waals surface area contributed by atoms with Gasteiger partial charge in [0, 0.05) is 5.69 Å². The molecule has 2 rings (SSSR count). The predicted molar refractivity (Wildman–Crippen MR) is 49.5 cm³/mol. The van der Waals surface area contributed by atoms with Crippen molar-refractivity contribution in [3.05, 3.63) is 17.5 Å². The molecule has 0 aromatic carbocycles. The van der Waals surface area contributed by atoms with Crippen molar-refractivity contribution in [3.63, 3.8) is 0 Å². The van der Waals surface area contributed by atoms with E-state index >= 15 is 0 Å². The van der Waals surface area contributed by atoms with Crippen molar-refractivity contribution in [2.75, 3.05) is 0 Å². The maximum atomic E-state index is 12.4. The van der Waals surface area contributed by atoms with Crippen LogP contribution >= 0.6 is 0 Å². The van der Waals surface area contributed by atoms with Gasteiger partial charge in [-0.05, 0) is 31.7 Å². The van der Waals surface area contributed by atoms with E-state index in [2.05, 4.69) is 5.10 Å². The molecule has 0 bridgehead atoms. The molecule has 0 unspecified atom stereocenters. The van der Waals surface area contributed by atoms with Gasteiger partial charge in [-0.25, -0.2) is 0 Å². The largest absolute Gasteiger partial charge is 0.435 e. The van der Waals surface area contributed by atoms with Gasteiger partial charge in [-0.15, -0.1) is 0 Å². The van der Waals surface area contributed by atoms with Crippen molar-refractivity contribution in [2.24, 2.45) is 0 Å². The summed E-state index contributed by atoms with van der Waals surface area (Å²) in [7, 11) is 0. The first-order valence-electron chi connectivity index (χ1n) is 5.18. The Labute approximate surface area is 86.1 Å². The molecule has 0 atom stereocenters. The fourth-order valence-electron chi connectivity index (χ4n) is 1.78. The highest BCUT2D eigenvalue weighted by Crippen LogP contribution is 2.35. The summed E-state index contributed by atoms with van der Waals surface area (Å²) in [6, 6.07) is 1.36.